The van der Waals surface area contributed by atoms with Gasteiger partial charge in [-0.3, -0.25) is 13.9 Å². The maximum atomic E-state index is 13.0. The van der Waals surface area contributed by atoms with Crippen molar-refractivity contribution in [3.8, 4) is 16.9 Å². The van der Waals surface area contributed by atoms with Crippen LogP contribution in [-0.2, 0) is 22.1 Å². The average Bonchev–Trinajstić information content (AvgIpc) is 3.45. The van der Waals surface area contributed by atoms with Crippen LogP contribution in [0.2, 0.25) is 0 Å². The first-order valence-corrected chi connectivity index (χ1v) is 14.7. The SMILES string of the molecule is COc1ccc(C(OC[C@H]2O[C@@H](n3cc(C)c(=O)n(C)c3=O)C[C@@H]2SC#N)(c2ccccc2)c2ccc(OC)cc2)cc1. The molecule has 2 heterocycles. The molecule has 4 aromatic rings. The Morgan fingerprint density at radius 3 is 2.02 bits per heavy atom. The lowest BCUT2D eigenvalue weighted by molar-refractivity contribution is -0.0767. The zero-order chi connectivity index (χ0) is 30.6. The molecule has 3 aromatic carbocycles. The Kier molecular flexibility index (Phi) is 9.06. The predicted molar refractivity (Wildman–Crippen MR) is 164 cm³/mol. The van der Waals surface area contributed by atoms with E-state index < -0.39 is 23.6 Å². The van der Waals surface area contributed by atoms with Crippen molar-refractivity contribution in [3.63, 3.8) is 0 Å². The Labute approximate surface area is 254 Å². The van der Waals surface area contributed by atoms with Gasteiger partial charge in [-0.1, -0.05) is 54.6 Å². The van der Waals surface area contributed by atoms with E-state index in [9.17, 15) is 14.9 Å². The van der Waals surface area contributed by atoms with Gasteiger partial charge < -0.3 is 18.9 Å². The molecule has 0 bridgehead atoms. The number of methoxy groups -OCH3 is 2. The lowest BCUT2D eigenvalue weighted by atomic mass is 9.80. The van der Waals surface area contributed by atoms with Gasteiger partial charge in [-0.05, 0) is 59.6 Å². The van der Waals surface area contributed by atoms with E-state index in [0.717, 1.165) is 33.0 Å². The van der Waals surface area contributed by atoms with Gasteiger partial charge in [0.25, 0.3) is 5.56 Å². The average molecular weight is 600 g/mol. The van der Waals surface area contributed by atoms with E-state index in [1.165, 1.54) is 17.8 Å². The highest BCUT2D eigenvalue weighted by Crippen LogP contribution is 2.43. The smallest absolute Gasteiger partial charge is 0.332 e. The topological polar surface area (TPSA) is 105 Å². The number of benzene rings is 3. The number of hydrogen-bond acceptors (Lipinski definition) is 8. The Morgan fingerprint density at radius 1 is 0.930 bits per heavy atom. The van der Waals surface area contributed by atoms with Gasteiger partial charge in [-0.2, -0.15) is 5.26 Å². The van der Waals surface area contributed by atoms with Gasteiger partial charge in [0.1, 0.15) is 28.7 Å². The van der Waals surface area contributed by atoms with E-state index in [2.05, 4.69) is 5.40 Å². The van der Waals surface area contributed by atoms with Crippen molar-refractivity contribution in [3.05, 3.63) is 128 Å². The molecule has 9 nitrogen and oxygen atoms in total. The summed E-state index contributed by atoms with van der Waals surface area (Å²) in [7, 11) is 4.69. The largest absolute Gasteiger partial charge is 0.497 e. The number of hydrogen-bond donors (Lipinski definition) is 0. The quantitative estimate of drug-likeness (QED) is 0.190. The van der Waals surface area contributed by atoms with E-state index in [-0.39, 0.29) is 17.4 Å². The fraction of sp³-hybridized carbons (Fsp3) is 0.303. The molecule has 1 aromatic heterocycles. The van der Waals surface area contributed by atoms with E-state index in [4.69, 9.17) is 18.9 Å². The Bertz CT molecular complexity index is 1660. The Morgan fingerprint density at radius 2 is 1.49 bits per heavy atom. The monoisotopic (exact) mass is 599 g/mol. The van der Waals surface area contributed by atoms with Gasteiger partial charge in [-0.15, -0.1) is 0 Å². The number of rotatable bonds is 10. The van der Waals surface area contributed by atoms with Gasteiger partial charge >= 0.3 is 5.69 Å². The first-order valence-electron chi connectivity index (χ1n) is 13.8. The lowest BCUT2D eigenvalue weighted by Gasteiger charge is -2.37. The molecule has 0 N–H and O–H groups in total. The lowest BCUT2D eigenvalue weighted by Crippen LogP contribution is -2.40. The summed E-state index contributed by atoms with van der Waals surface area (Å²) in [6, 6.07) is 25.4. The molecule has 3 atom stereocenters. The van der Waals surface area contributed by atoms with Crippen LogP contribution in [-0.4, -0.2) is 41.3 Å². The van der Waals surface area contributed by atoms with E-state index >= 15 is 0 Å². The zero-order valence-corrected chi connectivity index (χ0v) is 25.2. The number of nitriles is 1. The predicted octanol–water partition coefficient (Wildman–Crippen LogP) is 4.75. The van der Waals surface area contributed by atoms with Gasteiger partial charge in [0.2, 0.25) is 0 Å². The van der Waals surface area contributed by atoms with Gasteiger partial charge in [0, 0.05) is 25.2 Å². The molecular weight excluding hydrogens is 566 g/mol. The summed E-state index contributed by atoms with van der Waals surface area (Å²) in [6.45, 7) is 1.77. The van der Waals surface area contributed by atoms with Gasteiger partial charge in [-0.25, -0.2) is 4.79 Å². The van der Waals surface area contributed by atoms with E-state index in [1.807, 2.05) is 78.9 Å². The van der Waals surface area contributed by atoms with Crippen LogP contribution in [0, 0.1) is 17.6 Å². The van der Waals surface area contributed by atoms with Crippen LogP contribution in [0.25, 0.3) is 0 Å². The molecule has 1 fully saturated rings. The highest BCUT2D eigenvalue weighted by atomic mass is 32.2. The standard InChI is InChI=1S/C33H33N3O6S/c1-22-19-36(32(38)35(2)31(22)37)30-18-29(43-21-34)28(42-30)20-41-33(23-8-6-5-7-9-23,24-10-14-26(39-3)15-11-24)25-12-16-27(40-4)17-13-25/h5-17,19,28-30H,18,20H2,1-4H3/t28-,29+,30-/m1/s1. The summed E-state index contributed by atoms with van der Waals surface area (Å²) >= 11 is 1.09. The molecule has 43 heavy (non-hydrogen) atoms. The minimum Gasteiger partial charge on any atom is -0.497 e. The summed E-state index contributed by atoms with van der Waals surface area (Å²) in [5, 5.41) is 11.5. The van der Waals surface area contributed by atoms with Crippen LogP contribution in [0.4, 0.5) is 0 Å². The number of aryl methyl sites for hydroxylation is 1. The van der Waals surface area contributed by atoms with Crippen molar-refractivity contribution in [2.45, 2.75) is 36.5 Å². The number of thioether (sulfide) groups is 1. The Balaban J connectivity index is 1.57. The van der Waals surface area contributed by atoms with Crippen LogP contribution in [0.5, 0.6) is 11.5 Å². The Hall–Kier alpha value is -4.30. The van der Waals surface area contributed by atoms with E-state index in [1.54, 1.807) is 21.1 Å². The highest BCUT2D eigenvalue weighted by molar-refractivity contribution is 8.04. The number of ether oxygens (including phenoxy) is 4. The van der Waals surface area contributed by atoms with Crippen LogP contribution in [0.3, 0.4) is 0 Å². The molecule has 10 heteroatoms. The normalized spacial score (nSPS) is 18.3. The number of nitrogens with zero attached hydrogens (tertiary/aromatic N) is 3. The van der Waals surface area contributed by atoms with Gasteiger partial charge in [0.05, 0.1) is 32.2 Å². The molecule has 0 saturated carbocycles. The molecule has 1 aliphatic rings. The minimum atomic E-state index is -1.06. The summed E-state index contributed by atoms with van der Waals surface area (Å²) in [5.74, 6) is 1.43. The van der Waals surface area contributed by atoms with E-state index in [0.29, 0.717) is 23.5 Å². The minimum absolute atomic E-state index is 0.113. The van der Waals surface area contributed by atoms with Gasteiger partial charge in [0.15, 0.2) is 0 Å². The third-order valence-corrected chi connectivity index (χ3v) is 8.72. The van der Waals surface area contributed by atoms with Crippen molar-refractivity contribution in [1.82, 2.24) is 9.13 Å². The maximum Gasteiger partial charge on any atom is 0.332 e. The molecule has 1 aliphatic heterocycles. The molecule has 0 spiro atoms. The first kappa shape index (κ1) is 30.2. The molecule has 0 amide bonds. The number of aromatic nitrogens is 2. The zero-order valence-electron chi connectivity index (χ0n) is 24.4. The van der Waals surface area contributed by atoms with Crippen molar-refractivity contribution in [2.75, 3.05) is 20.8 Å². The van der Waals surface area contributed by atoms with Crippen LogP contribution >= 0.6 is 11.8 Å². The number of thiocyanates is 1. The van der Waals surface area contributed by atoms with Crippen LogP contribution < -0.4 is 20.7 Å². The maximum absolute atomic E-state index is 13.0. The summed E-state index contributed by atoms with van der Waals surface area (Å²) < 4.78 is 26.8. The summed E-state index contributed by atoms with van der Waals surface area (Å²) in [4.78, 5) is 25.3. The van der Waals surface area contributed by atoms with Crippen LogP contribution in [0.15, 0.2) is 94.6 Å². The molecular formula is C33H33N3O6S. The first-order chi connectivity index (χ1) is 20.8. The second kappa shape index (κ2) is 12.9. The molecule has 222 valence electrons. The molecule has 0 radical (unpaired) electrons. The second-order valence-electron chi connectivity index (χ2n) is 10.3. The fourth-order valence-corrected chi connectivity index (χ4v) is 6.24. The van der Waals surface area contributed by atoms with Crippen molar-refractivity contribution < 1.29 is 18.9 Å². The highest BCUT2D eigenvalue weighted by Gasteiger charge is 2.43. The van der Waals surface area contributed by atoms with Crippen molar-refractivity contribution in [2.24, 2.45) is 7.05 Å². The van der Waals surface area contributed by atoms with Crippen molar-refractivity contribution in [1.29, 1.82) is 5.26 Å². The molecule has 0 aliphatic carbocycles. The fourth-order valence-electron chi connectivity index (χ4n) is 5.54. The molecule has 0 unspecified atom stereocenters. The summed E-state index contributed by atoms with van der Waals surface area (Å²) in [5.41, 5.74) is 1.17. The van der Waals surface area contributed by atoms with Crippen molar-refractivity contribution >= 4 is 11.8 Å². The molecule has 5 rings (SSSR count). The second-order valence-corrected chi connectivity index (χ2v) is 11.3. The summed E-state index contributed by atoms with van der Waals surface area (Å²) in [6.07, 6.45) is 0.729. The van der Waals surface area contributed by atoms with Crippen LogP contribution in [0.1, 0.15) is 34.9 Å². The molecule has 1 saturated heterocycles. The third-order valence-electron chi connectivity index (χ3n) is 7.81. The third kappa shape index (κ3) is 5.84.